The molecule has 1 heterocycles. The number of nitrogens with zero attached hydrogens (tertiary/aromatic N) is 2. The van der Waals surface area contributed by atoms with Gasteiger partial charge in [0.25, 0.3) is 0 Å². The minimum Gasteiger partial charge on any atom is -0.497 e. The molecule has 2 rings (SSSR count). The van der Waals surface area contributed by atoms with Crippen molar-refractivity contribution < 1.29 is 4.74 Å². The summed E-state index contributed by atoms with van der Waals surface area (Å²) >= 11 is 0. The monoisotopic (exact) mass is 271 g/mol. The van der Waals surface area contributed by atoms with Crippen molar-refractivity contribution in [1.82, 2.24) is 15.3 Å². The van der Waals surface area contributed by atoms with E-state index < -0.39 is 0 Å². The third-order valence-corrected chi connectivity index (χ3v) is 2.97. The molecule has 2 aromatic rings. The van der Waals surface area contributed by atoms with Crippen LogP contribution in [-0.2, 0) is 6.54 Å². The summed E-state index contributed by atoms with van der Waals surface area (Å²) in [5.41, 5.74) is 2.97. The Morgan fingerprint density at radius 1 is 1.20 bits per heavy atom. The average molecular weight is 271 g/mol. The summed E-state index contributed by atoms with van der Waals surface area (Å²) in [6.45, 7) is 5.92. The van der Waals surface area contributed by atoms with Crippen molar-refractivity contribution in [2.75, 3.05) is 13.7 Å². The van der Waals surface area contributed by atoms with Crippen LogP contribution in [0.3, 0.4) is 0 Å². The van der Waals surface area contributed by atoms with E-state index in [0.717, 1.165) is 48.0 Å². The van der Waals surface area contributed by atoms with E-state index in [4.69, 9.17) is 4.74 Å². The van der Waals surface area contributed by atoms with Gasteiger partial charge < -0.3 is 10.1 Å². The van der Waals surface area contributed by atoms with Crippen LogP contribution in [0.1, 0.15) is 24.7 Å². The summed E-state index contributed by atoms with van der Waals surface area (Å²) in [7, 11) is 1.66. The molecule has 0 amide bonds. The number of hydrogen-bond acceptors (Lipinski definition) is 4. The Kier molecular flexibility index (Phi) is 5.07. The van der Waals surface area contributed by atoms with Gasteiger partial charge in [0.2, 0.25) is 0 Å². The number of benzene rings is 1. The minimum atomic E-state index is 0.747. The molecule has 0 atom stereocenters. The summed E-state index contributed by atoms with van der Waals surface area (Å²) in [4.78, 5) is 9.14. The van der Waals surface area contributed by atoms with Crippen molar-refractivity contribution in [3.63, 3.8) is 0 Å². The molecule has 0 aliphatic carbocycles. The lowest BCUT2D eigenvalue weighted by Gasteiger charge is -2.08. The Morgan fingerprint density at radius 3 is 2.80 bits per heavy atom. The van der Waals surface area contributed by atoms with Crippen molar-refractivity contribution >= 4 is 0 Å². The van der Waals surface area contributed by atoms with Gasteiger partial charge in [-0.3, -0.25) is 0 Å². The van der Waals surface area contributed by atoms with Gasteiger partial charge >= 0.3 is 0 Å². The number of ether oxygens (including phenoxy) is 1. The Labute approximate surface area is 120 Å². The first-order valence-corrected chi connectivity index (χ1v) is 6.92. The highest BCUT2D eigenvalue weighted by Gasteiger charge is 2.06. The van der Waals surface area contributed by atoms with Gasteiger partial charge in [0.15, 0.2) is 5.82 Å². The standard InChI is InChI=1S/C16H21N3O/c1-4-8-17-11-14-9-12(2)18-16(19-14)13-6-5-7-15(10-13)20-3/h5-7,9-10,17H,4,8,11H2,1-3H3. The highest BCUT2D eigenvalue weighted by Crippen LogP contribution is 2.21. The van der Waals surface area contributed by atoms with Gasteiger partial charge in [-0.25, -0.2) is 9.97 Å². The van der Waals surface area contributed by atoms with Gasteiger partial charge in [0.05, 0.1) is 12.8 Å². The van der Waals surface area contributed by atoms with E-state index in [2.05, 4.69) is 22.2 Å². The molecule has 0 aliphatic heterocycles. The maximum atomic E-state index is 5.25. The van der Waals surface area contributed by atoms with Gasteiger partial charge in [0.1, 0.15) is 5.75 Å². The van der Waals surface area contributed by atoms with Crippen molar-refractivity contribution in [3.05, 3.63) is 41.7 Å². The SMILES string of the molecule is CCCNCc1cc(C)nc(-c2cccc(OC)c2)n1. The normalized spacial score (nSPS) is 10.6. The molecule has 0 saturated heterocycles. The minimum absolute atomic E-state index is 0.747. The lowest BCUT2D eigenvalue weighted by Crippen LogP contribution is -2.15. The third kappa shape index (κ3) is 3.78. The smallest absolute Gasteiger partial charge is 0.159 e. The molecule has 0 radical (unpaired) electrons. The van der Waals surface area contributed by atoms with Crippen LogP contribution >= 0.6 is 0 Å². The quantitative estimate of drug-likeness (QED) is 0.821. The lowest BCUT2D eigenvalue weighted by atomic mass is 10.2. The van der Waals surface area contributed by atoms with Crippen LogP contribution in [-0.4, -0.2) is 23.6 Å². The fraction of sp³-hybridized carbons (Fsp3) is 0.375. The number of nitrogens with one attached hydrogen (secondary N) is 1. The maximum absolute atomic E-state index is 5.25. The summed E-state index contributed by atoms with van der Waals surface area (Å²) in [6, 6.07) is 9.85. The van der Waals surface area contributed by atoms with E-state index in [1.54, 1.807) is 7.11 Å². The fourth-order valence-electron chi connectivity index (χ4n) is 2.01. The van der Waals surface area contributed by atoms with E-state index in [1.165, 1.54) is 0 Å². The summed E-state index contributed by atoms with van der Waals surface area (Å²) < 4.78 is 5.25. The van der Waals surface area contributed by atoms with Crippen LogP contribution in [0.5, 0.6) is 5.75 Å². The first-order valence-electron chi connectivity index (χ1n) is 6.92. The molecule has 20 heavy (non-hydrogen) atoms. The second kappa shape index (κ2) is 7.01. The second-order valence-electron chi connectivity index (χ2n) is 4.73. The van der Waals surface area contributed by atoms with Crippen molar-refractivity contribution in [1.29, 1.82) is 0 Å². The van der Waals surface area contributed by atoms with E-state index in [-0.39, 0.29) is 0 Å². The lowest BCUT2D eigenvalue weighted by molar-refractivity contribution is 0.415. The van der Waals surface area contributed by atoms with Gasteiger partial charge in [-0.1, -0.05) is 19.1 Å². The largest absolute Gasteiger partial charge is 0.497 e. The van der Waals surface area contributed by atoms with E-state index >= 15 is 0 Å². The first-order chi connectivity index (χ1) is 9.72. The fourth-order valence-corrected chi connectivity index (χ4v) is 2.01. The summed E-state index contributed by atoms with van der Waals surface area (Å²) in [5.74, 6) is 1.57. The highest BCUT2D eigenvalue weighted by molar-refractivity contribution is 5.57. The van der Waals surface area contributed by atoms with Crippen molar-refractivity contribution in [2.24, 2.45) is 0 Å². The van der Waals surface area contributed by atoms with Crippen molar-refractivity contribution in [3.8, 4) is 17.1 Å². The van der Waals surface area contributed by atoms with Crippen molar-refractivity contribution in [2.45, 2.75) is 26.8 Å². The molecule has 4 heteroatoms. The molecule has 4 nitrogen and oxygen atoms in total. The third-order valence-electron chi connectivity index (χ3n) is 2.97. The number of aromatic nitrogens is 2. The topological polar surface area (TPSA) is 47.0 Å². The van der Waals surface area contributed by atoms with Crippen LogP contribution in [0.15, 0.2) is 30.3 Å². The molecule has 1 aromatic heterocycles. The molecule has 0 bridgehead atoms. The van der Waals surface area contributed by atoms with Crippen LogP contribution < -0.4 is 10.1 Å². The Hall–Kier alpha value is -1.94. The predicted octanol–water partition coefficient (Wildman–Crippen LogP) is 2.96. The first kappa shape index (κ1) is 14.5. The zero-order chi connectivity index (χ0) is 14.4. The molecule has 0 unspecified atom stereocenters. The number of hydrogen-bond donors (Lipinski definition) is 1. The molecular formula is C16H21N3O. The molecule has 0 fully saturated rings. The number of methoxy groups -OCH3 is 1. The molecular weight excluding hydrogens is 250 g/mol. The van der Waals surface area contributed by atoms with Gasteiger partial charge in [-0.2, -0.15) is 0 Å². The predicted molar refractivity (Wildman–Crippen MR) is 80.8 cm³/mol. The Bertz CT molecular complexity index is 569. The molecule has 0 aliphatic rings. The number of aryl methyl sites for hydroxylation is 1. The van der Waals surface area contributed by atoms with Gasteiger partial charge in [-0.05, 0) is 38.1 Å². The zero-order valence-electron chi connectivity index (χ0n) is 12.3. The zero-order valence-corrected chi connectivity index (χ0v) is 12.3. The Balaban J connectivity index is 2.26. The van der Waals surface area contributed by atoms with Gasteiger partial charge in [0, 0.05) is 17.8 Å². The summed E-state index contributed by atoms with van der Waals surface area (Å²) in [5, 5.41) is 3.36. The summed E-state index contributed by atoms with van der Waals surface area (Å²) in [6.07, 6.45) is 1.12. The Morgan fingerprint density at radius 2 is 2.05 bits per heavy atom. The van der Waals surface area contributed by atoms with Crippen LogP contribution in [0.4, 0.5) is 0 Å². The molecule has 1 N–H and O–H groups in total. The van der Waals surface area contributed by atoms with E-state index in [9.17, 15) is 0 Å². The molecule has 106 valence electrons. The molecule has 0 saturated carbocycles. The van der Waals surface area contributed by atoms with E-state index in [1.807, 2.05) is 37.3 Å². The maximum Gasteiger partial charge on any atom is 0.159 e. The highest BCUT2D eigenvalue weighted by atomic mass is 16.5. The molecule has 1 aromatic carbocycles. The molecule has 0 spiro atoms. The number of rotatable bonds is 6. The average Bonchev–Trinajstić information content (AvgIpc) is 2.47. The second-order valence-corrected chi connectivity index (χ2v) is 4.73. The van der Waals surface area contributed by atoms with Crippen LogP contribution in [0.2, 0.25) is 0 Å². The van der Waals surface area contributed by atoms with Gasteiger partial charge in [-0.15, -0.1) is 0 Å². The van der Waals surface area contributed by atoms with Crippen LogP contribution in [0.25, 0.3) is 11.4 Å². The van der Waals surface area contributed by atoms with Crippen LogP contribution in [0, 0.1) is 6.92 Å². The van der Waals surface area contributed by atoms with E-state index in [0.29, 0.717) is 0 Å².